The average molecular weight is 578 g/mol. The molecule has 12 nitrogen and oxygen atoms in total. The number of aliphatic hydroxyl groups is 2. The van der Waals surface area contributed by atoms with Gasteiger partial charge in [0.15, 0.2) is 5.69 Å². The zero-order valence-corrected chi connectivity index (χ0v) is 23.9. The minimum absolute atomic E-state index is 0.00114. The summed E-state index contributed by atoms with van der Waals surface area (Å²) in [5, 5.41) is 26.5. The molecule has 0 radical (unpaired) electrons. The smallest absolute Gasteiger partial charge is 0.360 e. The van der Waals surface area contributed by atoms with Gasteiger partial charge in [0, 0.05) is 57.0 Å². The molecule has 3 heterocycles. The van der Waals surface area contributed by atoms with Crippen LogP contribution < -0.4 is 0 Å². The van der Waals surface area contributed by atoms with E-state index in [4.69, 9.17) is 32.9 Å². The van der Waals surface area contributed by atoms with Crippen molar-refractivity contribution in [2.45, 2.75) is 50.0 Å². The van der Waals surface area contributed by atoms with Crippen molar-refractivity contribution in [1.82, 2.24) is 5.16 Å². The Morgan fingerprint density at radius 2 is 1.93 bits per heavy atom. The van der Waals surface area contributed by atoms with Gasteiger partial charge in [-0.15, -0.1) is 0 Å². The van der Waals surface area contributed by atoms with E-state index < -0.39 is 77.6 Å². The molecule has 4 aliphatic rings. The maximum Gasteiger partial charge on any atom is 0.360 e. The number of carbonyl (C=O) groups is 2. The van der Waals surface area contributed by atoms with Crippen molar-refractivity contribution in [3.8, 4) is 0 Å². The normalized spacial score (nSPS) is 41.7. The van der Waals surface area contributed by atoms with Crippen molar-refractivity contribution in [1.29, 1.82) is 0 Å². The summed E-state index contributed by atoms with van der Waals surface area (Å²) >= 11 is 0. The Hall–Kier alpha value is -2.61. The van der Waals surface area contributed by atoms with E-state index in [0.717, 1.165) is 5.57 Å². The van der Waals surface area contributed by atoms with Crippen LogP contribution in [0.25, 0.3) is 0 Å². The standard InChI is InChI=1S/C29H39NO11/c1-14-10-15(2)29-19(17(11-35-3)27(33)39-24(14)21(31)13-37-5)7-6-16-22(29)23(32)18(12-36-4)25(26(16)41-29)40-28(34)20-8-9-38-30-20/h6-10,14,16-19,21-26,31-32H,11-13H2,1-5H3/b15-10+/t14-,16-,17-,18-,19-,21-,22+,23-,24+,25-,26-,29+/m1/s1. The molecule has 4 bridgehead atoms. The van der Waals surface area contributed by atoms with Crippen molar-refractivity contribution in [3.05, 3.63) is 41.8 Å². The fourth-order valence-electron chi connectivity index (χ4n) is 7.50. The first-order valence-electron chi connectivity index (χ1n) is 13.9. The molecule has 2 aliphatic carbocycles. The van der Waals surface area contributed by atoms with Gasteiger partial charge in [-0.3, -0.25) is 4.79 Å². The predicted molar refractivity (Wildman–Crippen MR) is 140 cm³/mol. The molecule has 5 rings (SSSR count). The summed E-state index contributed by atoms with van der Waals surface area (Å²) in [6.07, 6.45) is 2.60. The second-order valence-electron chi connectivity index (χ2n) is 11.4. The molecule has 0 unspecified atom stereocenters. The molecule has 2 N–H and O–H groups in total. The molecule has 226 valence electrons. The third-order valence-electron chi connectivity index (χ3n) is 9.16. The number of rotatable bonds is 9. The highest BCUT2D eigenvalue weighted by molar-refractivity contribution is 5.87. The maximum atomic E-state index is 13.8. The van der Waals surface area contributed by atoms with E-state index in [1.54, 1.807) is 0 Å². The number of hydrogen-bond acceptors (Lipinski definition) is 12. The molecule has 41 heavy (non-hydrogen) atoms. The van der Waals surface area contributed by atoms with E-state index in [9.17, 15) is 19.8 Å². The van der Waals surface area contributed by atoms with Crippen molar-refractivity contribution in [2.24, 2.45) is 35.5 Å². The molecule has 1 spiro atoms. The Morgan fingerprint density at radius 3 is 2.59 bits per heavy atom. The molecule has 0 amide bonds. The molecular formula is C29H39NO11. The third-order valence-corrected chi connectivity index (χ3v) is 9.16. The Labute approximate surface area is 238 Å². The van der Waals surface area contributed by atoms with E-state index in [-0.39, 0.29) is 31.4 Å². The lowest BCUT2D eigenvalue weighted by Crippen LogP contribution is -2.59. The van der Waals surface area contributed by atoms with Crippen LogP contribution in [-0.4, -0.2) is 105 Å². The van der Waals surface area contributed by atoms with Gasteiger partial charge in [0.2, 0.25) is 0 Å². The lowest BCUT2D eigenvalue weighted by molar-refractivity contribution is -0.173. The van der Waals surface area contributed by atoms with E-state index in [1.165, 1.54) is 33.7 Å². The molecule has 12 atom stereocenters. The molecule has 2 fully saturated rings. The number of aliphatic hydroxyl groups excluding tert-OH is 2. The van der Waals surface area contributed by atoms with E-state index in [2.05, 4.69) is 5.16 Å². The topological polar surface area (TPSA) is 156 Å². The zero-order valence-electron chi connectivity index (χ0n) is 23.9. The Morgan fingerprint density at radius 1 is 1.17 bits per heavy atom. The van der Waals surface area contributed by atoms with Crippen LogP contribution in [0.15, 0.2) is 40.7 Å². The summed E-state index contributed by atoms with van der Waals surface area (Å²) in [5.74, 6) is -4.48. The number of hydrogen-bond donors (Lipinski definition) is 2. The second kappa shape index (κ2) is 11.9. The monoisotopic (exact) mass is 577 g/mol. The highest BCUT2D eigenvalue weighted by Gasteiger charge is 2.71. The molecule has 1 aromatic rings. The first-order chi connectivity index (χ1) is 19.7. The molecule has 1 saturated heterocycles. The average Bonchev–Trinajstić information content (AvgIpc) is 3.54. The lowest BCUT2D eigenvalue weighted by Gasteiger charge is -2.49. The number of nitrogens with zero attached hydrogens (tertiary/aromatic N) is 1. The van der Waals surface area contributed by atoms with E-state index in [0.29, 0.717) is 0 Å². The first-order valence-corrected chi connectivity index (χ1v) is 13.9. The maximum absolute atomic E-state index is 13.8. The number of methoxy groups -OCH3 is 3. The number of esters is 2. The number of carbonyl (C=O) groups excluding carboxylic acids is 2. The first kappa shape index (κ1) is 29.9. The number of aromatic nitrogens is 1. The summed E-state index contributed by atoms with van der Waals surface area (Å²) in [5.41, 5.74) is -0.368. The van der Waals surface area contributed by atoms with Crippen molar-refractivity contribution >= 4 is 11.9 Å². The Bertz CT molecular complexity index is 1150. The van der Waals surface area contributed by atoms with E-state index in [1.807, 2.05) is 32.1 Å². The Kier molecular flexibility index (Phi) is 8.70. The summed E-state index contributed by atoms with van der Waals surface area (Å²) in [4.78, 5) is 26.8. The Balaban J connectivity index is 1.61. The van der Waals surface area contributed by atoms with Crippen molar-refractivity contribution in [2.75, 3.05) is 41.2 Å². The number of ether oxygens (including phenoxy) is 6. The van der Waals surface area contributed by atoms with Crippen LogP contribution in [0.3, 0.4) is 0 Å². The van der Waals surface area contributed by atoms with Crippen LogP contribution in [0.4, 0.5) is 0 Å². The van der Waals surface area contributed by atoms with Crippen molar-refractivity contribution < 1.29 is 52.7 Å². The van der Waals surface area contributed by atoms with Gasteiger partial charge in [-0.2, -0.15) is 0 Å². The SMILES string of the molecule is COC[C@@H]1[C@@H](O)[C@@H]2[C@H]3C=C[C@@H]4[C@@H](COC)C(=O)O[C@H]([C@H](O)COC)[C@H](C)/C=C(\C)[C@@]24O[C@H]3[C@@H]1OC(=O)c1ccon1. The van der Waals surface area contributed by atoms with Crippen LogP contribution in [0, 0.1) is 35.5 Å². The quantitative estimate of drug-likeness (QED) is 0.320. The van der Waals surface area contributed by atoms with Gasteiger partial charge in [0.1, 0.15) is 36.3 Å². The van der Waals surface area contributed by atoms with Gasteiger partial charge >= 0.3 is 11.9 Å². The third kappa shape index (κ3) is 4.94. The summed E-state index contributed by atoms with van der Waals surface area (Å²) in [6, 6.07) is 1.40. The fourth-order valence-corrected chi connectivity index (χ4v) is 7.50. The fraction of sp³-hybridized carbons (Fsp3) is 0.690. The highest BCUT2D eigenvalue weighted by atomic mass is 16.6. The highest BCUT2D eigenvalue weighted by Crippen LogP contribution is 2.62. The number of cyclic esters (lactones) is 1. The molecule has 1 saturated carbocycles. The van der Waals surface area contributed by atoms with Crippen LogP contribution in [-0.2, 0) is 33.2 Å². The molecule has 2 aliphatic heterocycles. The summed E-state index contributed by atoms with van der Waals surface area (Å²) in [6.45, 7) is 3.88. The van der Waals surface area contributed by atoms with Crippen LogP contribution in [0.1, 0.15) is 24.3 Å². The van der Waals surface area contributed by atoms with E-state index >= 15 is 0 Å². The zero-order chi connectivity index (χ0) is 29.5. The molecular weight excluding hydrogens is 538 g/mol. The summed E-state index contributed by atoms with van der Waals surface area (Å²) in [7, 11) is 4.49. The second-order valence-corrected chi connectivity index (χ2v) is 11.4. The lowest BCUT2D eigenvalue weighted by atomic mass is 9.56. The minimum atomic E-state index is -1.15. The largest absolute Gasteiger partial charge is 0.459 e. The molecule has 12 heteroatoms. The van der Waals surface area contributed by atoms with Gasteiger partial charge in [0.05, 0.1) is 31.8 Å². The van der Waals surface area contributed by atoms with Gasteiger partial charge in [0.25, 0.3) is 0 Å². The van der Waals surface area contributed by atoms with Gasteiger partial charge in [-0.1, -0.05) is 30.3 Å². The van der Waals surface area contributed by atoms with Crippen LogP contribution >= 0.6 is 0 Å². The van der Waals surface area contributed by atoms with Crippen LogP contribution in [0.5, 0.6) is 0 Å². The molecule has 0 aromatic carbocycles. The predicted octanol–water partition coefficient (Wildman–Crippen LogP) is 1.17. The van der Waals surface area contributed by atoms with Crippen molar-refractivity contribution in [3.63, 3.8) is 0 Å². The van der Waals surface area contributed by atoms with Gasteiger partial charge in [-0.25, -0.2) is 4.79 Å². The minimum Gasteiger partial charge on any atom is -0.459 e. The van der Waals surface area contributed by atoms with Crippen LogP contribution in [0.2, 0.25) is 0 Å². The molecule has 1 aromatic heterocycles. The van der Waals surface area contributed by atoms with Gasteiger partial charge < -0.3 is 43.2 Å². The summed E-state index contributed by atoms with van der Waals surface area (Å²) < 4.78 is 39.8. The van der Waals surface area contributed by atoms with Gasteiger partial charge in [-0.05, 0) is 12.5 Å².